The molecule has 1 aliphatic rings. The van der Waals surface area contributed by atoms with Crippen LogP contribution in [-0.2, 0) is 4.79 Å². The molecule has 0 aliphatic carbocycles. The molecule has 2 heterocycles. The molecule has 0 spiro atoms. The molecule has 5 nitrogen and oxygen atoms in total. The summed E-state index contributed by atoms with van der Waals surface area (Å²) in [4.78, 5) is 29.3. The van der Waals surface area contributed by atoms with Gasteiger partial charge in [0.25, 0.3) is 5.91 Å². The van der Waals surface area contributed by atoms with Gasteiger partial charge in [-0.2, -0.15) is 0 Å². The first-order chi connectivity index (χ1) is 9.70. The standard InChI is InChI=1S/C15H21N3O2/c1-2-14(19)18-8-5-12(6-9-18)10-17-15(20)13-4-3-7-16-11-13/h3-4,7,11-12H,2,5-6,8-10H2,1H3,(H,17,20). The Hall–Kier alpha value is -1.91. The molecular weight excluding hydrogens is 254 g/mol. The van der Waals surface area contributed by atoms with E-state index in [2.05, 4.69) is 10.3 Å². The van der Waals surface area contributed by atoms with Crippen molar-refractivity contribution in [2.75, 3.05) is 19.6 Å². The summed E-state index contributed by atoms with van der Waals surface area (Å²) in [7, 11) is 0. The van der Waals surface area contributed by atoms with Gasteiger partial charge in [0.15, 0.2) is 0 Å². The van der Waals surface area contributed by atoms with Gasteiger partial charge in [0.2, 0.25) is 5.91 Å². The lowest BCUT2D eigenvalue weighted by Crippen LogP contribution is -2.41. The number of hydrogen-bond donors (Lipinski definition) is 1. The first-order valence-electron chi connectivity index (χ1n) is 7.16. The molecule has 20 heavy (non-hydrogen) atoms. The Balaban J connectivity index is 1.74. The smallest absolute Gasteiger partial charge is 0.252 e. The van der Waals surface area contributed by atoms with E-state index in [0.29, 0.717) is 24.4 Å². The average Bonchev–Trinajstić information content (AvgIpc) is 2.53. The summed E-state index contributed by atoms with van der Waals surface area (Å²) in [6.45, 7) is 4.17. The minimum Gasteiger partial charge on any atom is -0.352 e. The third-order valence-electron chi connectivity index (χ3n) is 3.74. The largest absolute Gasteiger partial charge is 0.352 e. The van der Waals surface area contributed by atoms with Crippen molar-refractivity contribution in [3.8, 4) is 0 Å². The van der Waals surface area contributed by atoms with E-state index in [1.807, 2.05) is 11.8 Å². The molecule has 1 aromatic heterocycles. The summed E-state index contributed by atoms with van der Waals surface area (Å²) < 4.78 is 0. The van der Waals surface area contributed by atoms with Gasteiger partial charge in [0.05, 0.1) is 5.56 Å². The number of carbonyl (C=O) groups is 2. The van der Waals surface area contributed by atoms with Gasteiger partial charge in [-0.1, -0.05) is 6.92 Å². The van der Waals surface area contributed by atoms with Crippen LogP contribution in [0.5, 0.6) is 0 Å². The third-order valence-corrected chi connectivity index (χ3v) is 3.74. The van der Waals surface area contributed by atoms with E-state index in [4.69, 9.17) is 0 Å². The minimum absolute atomic E-state index is 0.0786. The molecule has 0 radical (unpaired) electrons. The van der Waals surface area contributed by atoms with Gasteiger partial charge in [-0.25, -0.2) is 0 Å². The Labute approximate surface area is 119 Å². The minimum atomic E-state index is -0.0786. The SMILES string of the molecule is CCC(=O)N1CCC(CNC(=O)c2cccnc2)CC1. The van der Waals surface area contributed by atoms with Crippen molar-refractivity contribution < 1.29 is 9.59 Å². The van der Waals surface area contributed by atoms with E-state index < -0.39 is 0 Å². The number of nitrogens with one attached hydrogen (secondary N) is 1. The number of pyridine rings is 1. The molecule has 0 unspecified atom stereocenters. The summed E-state index contributed by atoms with van der Waals surface area (Å²) in [5, 5.41) is 2.94. The molecule has 2 rings (SSSR count). The number of carbonyl (C=O) groups excluding carboxylic acids is 2. The van der Waals surface area contributed by atoms with Gasteiger partial charge in [0.1, 0.15) is 0 Å². The summed E-state index contributed by atoms with van der Waals surface area (Å²) >= 11 is 0. The summed E-state index contributed by atoms with van der Waals surface area (Å²) in [5.74, 6) is 0.601. The van der Waals surface area contributed by atoms with Crippen LogP contribution in [0.4, 0.5) is 0 Å². The average molecular weight is 275 g/mol. The van der Waals surface area contributed by atoms with Gasteiger partial charge in [-0.15, -0.1) is 0 Å². The molecule has 0 saturated carbocycles. The summed E-state index contributed by atoms with van der Waals surface area (Å²) in [6.07, 6.45) is 5.70. The van der Waals surface area contributed by atoms with Crippen LogP contribution in [0, 0.1) is 5.92 Å². The first-order valence-corrected chi connectivity index (χ1v) is 7.16. The molecule has 1 fully saturated rings. The van der Waals surface area contributed by atoms with Crippen molar-refractivity contribution in [3.05, 3.63) is 30.1 Å². The molecule has 1 saturated heterocycles. The van der Waals surface area contributed by atoms with Crippen molar-refractivity contribution in [2.24, 2.45) is 5.92 Å². The number of amides is 2. The molecule has 0 aromatic carbocycles. The van der Waals surface area contributed by atoms with Crippen LogP contribution in [0.15, 0.2) is 24.5 Å². The monoisotopic (exact) mass is 275 g/mol. The number of piperidine rings is 1. The van der Waals surface area contributed by atoms with Crippen LogP contribution in [-0.4, -0.2) is 41.3 Å². The lowest BCUT2D eigenvalue weighted by Gasteiger charge is -2.31. The number of nitrogens with zero attached hydrogens (tertiary/aromatic N) is 2. The molecule has 0 bridgehead atoms. The van der Waals surface area contributed by atoms with Crippen LogP contribution in [0.3, 0.4) is 0 Å². The fourth-order valence-electron chi connectivity index (χ4n) is 2.45. The predicted molar refractivity (Wildman–Crippen MR) is 76.2 cm³/mol. The van der Waals surface area contributed by atoms with Crippen molar-refractivity contribution in [3.63, 3.8) is 0 Å². The fourth-order valence-corrected chi connectivity index (χ4v) is 2.45. The summed E-state index contributed by atoms with van der Waals surface area (Å²) in [5.41, 5.74) is 0.589. The molecular formula is C15H21N3O2. The van der Waals surface area contributed by atoms with Gasteiger partial charge in [-0.3, -0.25) is 14.6 Å². The van der Waals surface area contributed by atoms with Crippen molar-refractivity contribution >= 4 is 11.8 Å². The zero-order chi connectivity index (χ0) is 14.4. The van der Waals surface area contributed by atoms with Crippen LogP contribution < -0.4 is 5.32 Å². The molecule has 2 amide bonds. The molecule has 1 N–H and O–H groups in total. The Bertz CT molecular complexity index is 453. The lowest BCUT2D eigenvalue weighted by atomic mass is 9.96. The quantitative estimate of drug-likeness (QED) is 0.905. The highest BCUT2D eigenvalue weighted by molar-refractivity contribution is 5.93. The van der Waals surface area contributed by atoms with Crippen LogP contribution in [0.25, 0.3) is 0 Å². The maximum atomic E-state index is 11.9. The van der Waals surface area contributed by atoms with Crippen LogP contribution in [0.2, 0.25) is 0 Å². The van der Waals surface area contributed by atoms with E-state index in [1.54, 1.807) is 24.5 Å². The first kappa shape index (κ1) is 14.5. The summed E-state index contributed by atoms with van der Waals surface area (Å²) in [6, 6.07) is 3.51. The Kier molecular flexibility index (Phi) is 5.09. The molecule has 5 heteroatoms. The Morgan fingerprint density at radius 3 is 2.75 bits per heavy atom. The molecule has 108 valence electrons. The zero-order valence-corrected chi connectivity index (χ0v) is 11.8. The van der Waals surface area contributed by atoms with Crippen LogP contribution in [0.1, 0.15) is 36.5 Å². The van der Waals surface area contributed by atoms with Crippen LogP contribution >= 0.6 is 0 Å². The van der Waals surface area contributed by atoms with Gasteiger partial charge >= 0.3 is 0 Å². The maximum Gasteiger partial charge on any atom is 0.252 e. The zero-order valence-electron chi connectivity index (χ0n) is 11.8. The van der Waals surface area contributed by atoms with E-state index >= 15 is 0 Å². The third kappa shape index (κ3) is 3.79. The van der Waals surface area contributed by atoms with E-state index in [-0.39, 0.29) is 11.8 Å². The second-order valence-corrected chi connectivity index (χ2v) is 5.13. The highest BCUT2D eigenvalue weighted by Crippen LogP contribution is 2.17. The van der Waals surface area contributed by atoms with E-state index in [9.17, 15) is 9.59 Å². The highest BCUT2D eigenvalue weighted by Gasteiger charge is 2.22. The number of hydrogen-bond acceptors (Lipinski definition) is 3. The normalized spacial score (nSPS) is 15.9. The highest BCUT2D eigenvalue weighted by atomic mass is 16.2. The Morgan fingerprint density at radius 1 is 1.40 bits per heavy atom. The molecule has 1 aromatic rings. The van der Waals surface area contributed by atoms with Crippen molar-refractivity contribution in [2.45, 2.75) is 26.2 Å². The van der Waals surface area contributed by atoms with Crippen molar-refractivity contribution in [1.82, 2.24) is 15.2 Å². The van der Waals surface area contributed by atoms with Gasteiger partial charge < -0.3 is 10.2 Å². The van der Waals surface area contributed by atoms with E-state index in [0.717, 1.165) is 25.9 Å². The topological polar surface area (TPSA) is 62.3 Å². The number of likely N-dealkylation sites (tertiary alicyclic amines) is 1. The molecule has 1 aliphatic heterocycles. The number of rotatable bonds is 4. The second-order valence-electron chi connectivity index (χ2n) is 5.13. The van der Waals surface area contributed by atoms with Gasteiger partial charge in [0, 0.05) is 38.4 Å². The Morgan fingerprint density at radius 2 is 2.15 bits per heavy atom. The number of aromatic nitrogens is 1. The maximum absolute atomic E-state index is 11.9. The van der Waals surface area contributed by atoms with Crippen molar-refractivity contribution in [1.29, 1.82) is 0 Å². The second kappa shape index (κ2) is 7.03. The molecule has 0 atom stereocenters. The fraction of sp³-hybridized carbons (Fsp3) is 0.533. The van der Waals surface area contributed by atoms with Gasteiger partial charge in [-0.05, 0) is 30.9 Å². The predicted octanol–water partition coefficient (Wildman–Crippen LogP) is 1.46. The van der Waals surface area contributed by atoms with E-state index in [1.165, 1.54) is 0 Å². The lowest BCUT2D eigenvalue weighted by molar-refractivity contribution is -0.132.